The minimum atomic E-state index is -1.16. The van der Waals surface area contributed by atoms with E-state index >= 15 is 8.78 Å². The van der Waals surface area contributed by atoms with Gasteiger partial charge in [-0.15, -0.1) is 0 Å². The molecule has 6 heteroatoms. The topological polar surface area (TPSA) is 56.3 Å². The summed E-state index contributed by atoms with van der Waals surface area (Å²) in [5, 5.41) is 9.92. The molecule has 1 aliphatic heterocycles. The third-order valence-electron chi connectivity index (χ3n) is 6.48. The molecule has 4 nitrogen and oxygen atoms in total. The lowest BCUT2D eigenvalue weighted by molar-refractivity contribution is -0.131. The summed E-state index contributed by atoms with van der Waals surface area (Å²) < 4.78 is 30.7. The van der Waals surface area contributed by atoms with Crippen LogP contribution in [0.5, 0.6) is 0 Å². The normalized spacial score (nSPS) is 21.6. The number of rotatable bonds is 5. The van der Waals surface area contributed by atoms with Crippen molar-refractivity contribution in [3.8, 4) is 0 Å². The van der Waals surface area contributed by atoms with Crippen LogP contribution in [0.2, 0.25) is 0 Å². The summed E-state index contributed by atoms with van der Waals surface area (Å²) in [5.74, 6) is -1.91. The zero-order valence-electron chi connectivity index (χ0n) is 17.2. The molecule has 1 aliphatic carbocycles. The SMILES string of the molecule is CC1Cc2c([nH]c3ccccc23)C(c2c(F)cc(/C=C/C(=O)O)cc2F)N1CC1CC1. The number of fused-ring (bicyclic) bond motifs is 3. The molecule has 2 aliphatic rings. The van der Waals surface area contributed by atoms with E-state index in [1.54, 1.807) is 0 Å². The molecule has 2 N–H and O–H groups in total. The first kappa shape index (κ1) is 19.9. The molecule has 0 bridgehead atoms. The van der Waals surface area contributed by atoms with Crippen LogP contribution in [0.15, 0.2) is 42.5 Å². The van der Waals surface area contributed by atoms with Gasteiger partial charge in [0.25, 0.3) is 0 Å². The summed E-state index contributed by atoms with van der Waals surface area (Å²) in [6.07, 6.45) is 5.22. The fourth-order valence-corrected chi connectivity index (χ4v) is 4.83. The Morgan fingerprint density at radius 2 is 1.94 bits per heavy atom. The van der Waals surface area contributed by atoms with Crippen LogP contribution in [0.1, 0.15) is 48.2 Å². The molecule has 5 rings (SSSR count). The number of hydrogen-bond acceptors (Lipinski definition) is 2. The van der Waals surface area contributed by atoms with Crippen LogP contribution in [0.4, 0.5) is 8.78 Å². The zero-order chi connectivity index (χ0) is 21.7. The van der Waals surface area contributed by atoms with E-state index in [0.29, 0.717) is 5.92 Å². The van der Waals surface area contributed by atoms with Crippen molar-refractivity contribution in [1.29, 1.82) is 0 Å². The fourth-order valence-electron chi connectivity index (χ4n) is 4.83. The van der Waals surface area contributed by atoms with Crippen molar-refractivity contribution in [2.45, 2.75) is 38.3 Å². The van der Waals surface area contributed by atoms with Gasteiger partial charge in [0, 0.05) is 40.8 Å². The van der Waals surface area contributed by atoms with E-state index < -0.39 is 23.6 Å². The highest BCUT2D eigenvalue weighted by molar-refractivity contribution is 5.86. The van der Waals surface area contributed by atoms with Gasteiger partial charge in [0.05, 0.1) is 6.04 Å². The molecule has 2 atom stereocenters. The Labute approximate surface area is 179 Å². The van der Waals surface area contributed by atoms with E-state index in [9.17, 15) is 4.79 Å². The summed E-state index contributed by atoms with van der Waals surface area (Å²) >= 11 is 0. The van der Waals surface area contributed by atoms with Crippen LogP contribution >= 0.6 is 0 Å². The summed E-state index contributed by atoms with van der Waals surface area (Å²) in [4.78, 5) is 16.5. The Kier molecular flexibility index (Phi) is 4.89. The predicted molar refractivity (Wildman–Crippen MR) is 116 cm³/mol. The van der Waals surface area contributed by atoms with Crippen molar-refractivity contribution < 1.29 is 18.7 Å². The van der Waals surface area contributed by atoms with Crippen LogP contribution < -0.4 is 0 Å². The van der Waals surface area contributed by atoms with E-state index in [1.807, 2.05) is 18.2 Å². The van der Waals surface area contributed by atoms with Crippen molar-refractivity contribution in [2.75, 3.05) is 6.54 Å². The number of carboxylic acids is 1. The molecule has 160 valence electrons. The van der Waals surface area contributed by atoms with Crippen molar-refractivity contribution >= 4 is 22.9 Å². The van der Waals surface area contributed by atoms with Crippen LogP contribution in [0.3, 0.4) is 0 Å². The number of aromatic amines is 1. The summed E-state index contributed by atoms with van der Waals surface area (Å²) in [7, 11) is 0. The van der Waals surface area contributed by atoms with Crippen LogP contribution in [-0.2, 0) is 11.2 Å². The Hall–Kier alpha value is -2.99. The first-order valence-corrected chi connectivity index (χ1v) is 10.7. The van der Waals surface area contributed by atoms with Gasteiger partial charge in [-0.25, -0.2) is 13.6 Å². The van der Waals surface area contributed by atoms with Gasteiger partial charge in [0.1, 0.15) is 11.6 Å². The maximum Gasteiger partial charge on any atom is 0.328 e. The second kappa shape index (κ2) is 7.61. The number of H-pyrrole nitrogens is 1. The number of halogens is 2. The monoisotopic (exact) mass is 422 g/mol. The number of benzene rings is 2. The Morgan fingerprint density at radius 1 is 1.23 bits per heavy atom. The van der Waals surface area contributed by atoms with Gasteiger partial charge < -0.3 is 10.1 Å². The van der Waals surface area contributed by atoms with E-state index in [2.05, 4.69) is 22.9 Å². The number of nitrogens with one attached hydrogen (secondary N) is 1. The second-order valence-corrected chi connectivity index (χ2v) is 8.73. The largest absolute Gasteiger partial charge is 0.478 e. The van der Waals surface area contributed by atoms with Gasteiger partial charge in [-0.1, -0.05) is 18.2 Å². The Balaban J connectivity index is 1.67. The lowest BCUT2D eigenvalue weighted by Crippen LogP contribution is -2.44. The number of carbonyl (C=O) groups is 1. The summed E-state index contributed by atoms with van der Waals surface area (Å²) in [6, 6.07) is 10.0. The van der Waals surface area contributed by atoms with Gasteiger partial charge >= 0.3 is 5.97 Å². The second-order valence-electron chi connectivity index (χ2n) is 8.73. The van der Waals surface area contributed by atoms with E-state index in [0.717, 1.165) is 54.0 Å². The molecule has 1 saturated carbocycles. The predicted octanol–water partition coefficient (Wildman–Crippen LogP) is 5.29. The van der Waals surface area contributed by atoms with Gasteiger partial charge in [-0.3, -0.25) is 4.90 Å². The maximum absolute atomic E-state index is 15.4. The first-order valence-electron chi connectivity index (χ1n) is 10.7. The third-order valence-corrected chi connectivity index (χ3v) is 6.48. The number of aliphatic carboxylic acids is 1. The molecule has 0 spiro atoms. The number of para-hydroxylation sites is 1. The van der Waals surface area contributed by atoms with E-state index in [1.165, 1.54) is 18.2 Å². The van der Waals surface area contributed by atoms with Crippen molar-refractivity contribution in [3.05, 3.63) is 76.5 Å². The lowest BCUT2D eigenvalue weighted by Gasteiger charge is -2.41. The third kappa shape index (κ3) is 3.65. The molecule has 2 aromatic carbocycles. The molecule has 3 aromatic rings. The van der Waals surface area contributed by atoms with Crippen molar-refractivity contribution in [2.24, 2.45) is 5.92 Å². The molecule has 1 fully saturated rings. The maximum atomic E-state index is 15.4. The van der Waals surface area contributed by atoms with Crippen LogP contribution in [-0.4, -0.2) is 33.5 Å². The molecule has 0 radical (unpaired) electrons. The molecule has 2 unspecified atom stereocenters. The average molecular weight is 422 g/mol. The highest BCUT2D eigenvalue weighted by atomic mass is 19.1. The van der Waals surface area contributed by atoms with Crippen LogP contribution in [0.25, 0.3) is 17.0 Å². The highest BCUT2D eigenvalue weighted by Crippen LogP contribution is 2.44. The smallest absolute Gasteiger partial charge is 0.328 e. The average Bonchev–Trinajstić information content (AvgIpc) is 3.47. The first-order chi connectivity index (χ1) is 14.9. The summed E-state index contributed by atoms with van der Waals surface area (Å²) in [5.41, 5.74) is 3.16. The Bertz CT molecular complexity index is 1170. The van der Waals surface area contributed by atoms with Crippen LogP contribution in [0, 0.1) is 17.6 Å². The molecular formula is C25H24F2N2O2. The highest BCUT2D eigenvalue weighted by Gasteiger charge is 2.40. The molecule has 2 heterocycles. The number of carboxylic acid groups (broad SMARTS) is 1. The van der Waals surface area contributed by atoms with Crippen molar-refractivity contribution in [1.82, 2.24) is 9.88 Å². The quantitative estimate of drug-likeness (QED) is 0.550. The van der Waals surface area contributed by atoms with Gasteiger partial charge in [0.2, 0.25) is 0 Å². The fraction of sp³-hybridized carbons (Fsp3) is 0.320. The molecular weight excluding hydrogens is 398 g/mol. The van der Waals surface area contributed by atoms with Gasteiger partial charge in [0.15, 0.2) is 0 Å². The molecule has 31 heavy (non-hydrogen) atoms. The minimum absolute atomic E-state index is 0.0208. The van der Waals surface area contributed by atoms with Crippen molar-refractivity contribution in [3.63, 3.8) is 0 Å². The molecule has 1 aromatic heterocycles. The van der Waals surface area contributed by atoms with Gasteiger partial charge in [-0.05, 0) is 67.5 Å². The van der Waals surface area contributed by atoms with E-state index in [-0.39, 0.29) is 17.2 Å². The Morgan fingerprint density at radius 3 is 2.61 bits per heavy atom. The molecule has 0 amide bonds. The number of nitrogens with zero attached hydrogens (tertiary/aromatic N) is 1. The zero-order valence-corrected chi connectivity index (χ0v) is 17.2. The lowest BCUT2D eigenvalue weighted by atomic mass is 9.87. The number of hydrogen-bond donors (Lipinski definition) is 2. The summed E-state index contributed by atoms with van der Waals surface area (Å²) in [6.45, 7) is 2.93. The van der Waals surface area contributed by atoms with Gasteiger partial charge in [-0.2, -0.15) is 0 Å². The standard InChI is InChI=1S/C25H24F2N2O2/c1-14-10-18-17-4-2-3-5-21(17)28-24(18)25(29(14)13-15-6-7-15)23-19(26)11-16(12-20(23)27)8-9-22(30)31/h2-5,8-9,11-12,14-15,25,28H,6-7,10,13H2,1H3,(H,30,31)/b9-8+. The van der Waals surface area contributed by atoms with E-state index in [4.69, 9.17) is 5.11 Å². The number of aromatic nitrogens is 1. The molecule has 0 saturated heterocycles. The minimum Gasteiger partial charge on any atom is -0.478 e.